The Hall–Kier alpha value is -0.240. The Kier molecular flexibility index (Phi) is 2.77. The summed E-state index contributed by atoms with van der Waals surface area (Å²) in [7, 11) is 0. The van der Waals surface area contributed by atoms with Crippen molar-refractivity contribution in [3.63, 3.8) is 0 Å². The fourth-order valence-electron chi connectivity index (χ4n) is 1.45. The first-order chi connectivity index (χ1) is 6.25. The number of hydrogen-bond donors (Lipinski definition) is 0. The molecule has 1 saturated heterocycles. The lowest BCUT2D eigenvalue weighted by atomic mass is 10.1. The molecule has 3 heteroatoms. The van der Waals surface area contributed by atoms with Crippen LogP contribution in [-0.4, -0.2) is 6.61 Å². The third kappa shape index (κ3) is 2.16. The van der Waals surface area contributed by atoms with E-state index in [9.17, 15) is 0 Å². The van der Waals surface area contributed by atoms with Crippen LogP contribution < -0.4 is 0 Å². The second-order valence-electron chi connectivity index (χ2n) is 3.02. The molecule has 0 bridgehead atoms. The van der Waals surface area contributed by atoms with E-state index in [4.69, 9.17) is 27.9 Å². The molecular formula is C10H9Cl2O. The lowest BCUT2D eigenvalue weighted by Crippen LogP contribution is -1.95. The van der Waals surface area contributed by atoms with Gasteiger partial charge in [-0.2, -0.15) is 0 Å². The second-order valence-corrected chi connectivity index (χ2v) is 3.89. The van der Waals surface area contributed by atoms with E-state index in [2.05, 4.69) is 6.42 Å². The van der Waals surface area contributed by atoms with Crippen LogP contribution in [0.5, 0.6) is 0 Å². The van der Waals surface area contributed by atoms with Crippen LogP contribution in [0.2, 0.25) is 10.0 Å². The van der Waals surface area contributed by atoms with Gasteiger partial charge in [-0.1, -0.05) is 23.2 Å². The summed E-state index contributed by atoms with van der Waals surface area (Å²) in [6.45, 7) is 0.787. The molecule has 0 amide bonds. The van der Waals surface area contributed by atoms with Crippen LogP contribution in [0.25, 0.3) is 0 Å². The molecule has 0 aliphatic carbocycles. The lowest BCUT2D eigenvalue weighted by Gasteiger charge is -2.09. The highest BCUT2D eigenvalue weighted by Gasteiger charge is 2.18. The molecule has 1 fully saturated rings. The van der Waals surface area contributed by atoms with Crippen LogP contribution in [0.1, 0.15) is 18.1 Å². The highest BCUT2D eigenvalue weighted by Crippen LogP contribution is 2.31. The van der Waals surface area contributed by atoms with Crippen LogP contribution in [0, 0.1) is 6.42 Å². The van der Waals surface area contributed by atoms with Crippen molar-refractivity contribution in [3.05, 3.63) is 40.2 Å². The normalized spacial score (nSPS) is 22.2. The predicted octanol–water partition coefficient (Wildman–Crippen LogP) is 3.66. The van der Waals surface area contributed by atoms with Gasteiger partial charge in [0, 0.05) is 16.7 Å². The summed E-state index contributed by atoms with van der Waals surface area (Å²) >= 11 is 11.7. The number of halogens is 2. The summed E-state index contributed by atoms with van der Waals surface area (Å²) in [6, 6.07) is 5.50. The Morgan fingerprint density at radius 3 is 2.38 bits per heavy atom. The van der Waals surface area contributed by atoms with E-state index in [1.165, 1.54) is 0 Å². The number of ether oxygens (including phenoxy) is 1. The van der Waals surface area contributed by atoms with Crippen molar-refractivity contribution in [1.82, 2.24) is 0 Å². The first-order valence-electron chi connectivity index (χ1n) is 4.16. The molecule has 1 unspecified atom stereocenters. The van der Waals surface area contributed by atoms with Gasteiger partial charge in [-0.05, 0) is 36.6 Å². The minimum atomic E-state index is 0.0659. The Balaban J connectivity index is 2.28. The smallest absolute Gasteiger partial charge is 0.0858 e. The van der Waals surface area contributed by atoms with Gasteiger partial charge < -0.3 is 4.74 Å². The van der Waals surface area contributed by atoms with Crippen LogP contribution in [-0.2, 0) is 4.74 Å². The zero-order chi connectivity index (χ0) is 9.26. The summed E-state index contributed by atoms with van der Waals surface area (Å²) in [6.07, 6.45) is 3.19. The molecular weight excluding hydrogens is 207 g/mol. The molecule has 1 radical (unpaired) electrons. The first-order valence-corrected chi connectivity index (χ1v) is 4.92. The van der Waals surface area contributed by atoms with E-state index < -0.39 is 0 Å². The average Bonchev–Trinajstić information content (AvgIpc) is 2.53. The fraction of sp³-hybridized carbons (Fsp3) is 0.300. The number of rotatable bonds is 1. The number of hydrogen-bond acceptors (Lipinski definition) is 1. The average molecular weight is 216 g/mol. The van der Waals surface area contributed by atoms with E-state index in [0.717, 1.165) is 18.6 Å². The van der Waals surface area contributed by atoms with Gasteiger partial charge in [-0.3, -0.25) is 0 Å². The van der Waals surface area contributed by atoms with Crippen molar-refractivity contribution >= 4 is 23.2 Å². The van der Waals surface area contributed by atoms with Crippen LogP contribution in [0.3, 0.4) is 0 Å². The van der Waals surface area contributed by atoms with Crippen LogP contribution in [0.4, 0.5) is 0 Å². The monoisotopic (exact) mass is 215 g/mol. The maximum Gasteiger partial charge on any atom is 0.0858 e. The SMILES string of the molecule is Clc1cc(Cl)cc(C2[CH]CCO2)c1. The van der Waals surface area contributed by atoms with Gasteiger partial charge >= 0.3 is 0 Å². The Morgan fingerprint density at radius 1 is 1.15 bits per heavy atom. The largest absolute Gasteiger partial charge is 0.373 e. The standard InChI is InChI=1S/C10H9Cl2O/c11-8-4-7(5-9(12)6-8)10-2-1-3-13-10/h2,4-6,10H,1,3H2. The molecule has 1 aliphatic rings. The van der Waals surface area contributed by atoms with Crippen molar-refractivity contribution in [2.45, 2.75) is 12.5 Å². The van der Waals surface area contributed by atoms with Crippen molar-refractivity contribution in [2.75, 3.05) is 6.61 Å². The van der Waals surface area contributed by atoms with Crippen LogP contribution >= 0.6 is 23.2 Å². The third-order valence-electron chi connectivity index (χ3n) is 2.01. The van der Waals surface area contributed by atoms with Gasteiger partial charge in [0.15, 0.2) is 0 Å². The van der Waals surface area contributed by atoms with E-state index >= 15 is 0 Å². The number of benzene rings is 1. The minimum Gasteiger partial charge on any atom is -0.373 e. The fourth-order valence-corrected chi connectivity index (χ4v) is 2.00. The predicted molar refractivity (Wildman–Crippen MR) is 54.1 cm³/mol. The van der Waals surface area contributed by atoms with Gasteiger partial charge in [0.1, 0.15) is 0 Å². The third-order valence-corrected chi connectivity index (χ3v) is 2.45. The van der Waals surface area contributed by atoms with Crippen molar-refractivity contribution < 1.29 is 4.74 Å². The molecule has 1 nitrogen and oxygen atoms in total. The highest BCUT2D eigenvalue weighted by atomic mass is 35.5. The summed E-state index contributed by atoms with van der Waals surface area (Å²) in [5.74, 6) is 0. The Bertz CT molecular complexity index is 286. The van der Waals surface area contributed by atoms with E-state index in [0.29, 0.717) is 10.0 Å². The Morgan fingerprint density at radius 2 is 1.85 bits per heavy atom. The molecule has 0 saturated carbocycles. The highest BCUT2D eigenvalue weighted by molar-refractivity contribution is 6.34. The molecule has 0 spiro atoms. The second kappa shape index (κ2) is 3.87. The molecule has 1 atom stereocenters. The van der Waals surface area contributed by atoms with Gasteiger partial charge in [-0.15, -0.1) is 0 Å². The van der Waals surface area contributed by atoms with Gasteiger partial charge in [0.05, 0.1) is 6.10 Å². The molecule has 1 heterocycles. The van der Waals surface area contributed by atoms with E-state index in [-0.39, 0.29) is 6.10 Å². The van der Waals surface area contributed by atoms with Gasteiger partial charge in [0.25, 0.3) is 0 Å². The molecule has 1 aliphatic heterocycles. The minimum absolute atomic E-state index is 0.0659. The summed E-state index contributed by atoms with van der Waals surface area (Å²) in [4.78, 5) is 0. The van der Waals surface area contributed by atoms with Gasteiger partial charge in [-0.25, -0.2) is 0 Å². The molecule has 1 aromatic rings. The van der Waals surface area contributed by atoms with Crippen molar-refractivity contribution in [3.8, 4) is 0 Å². The zero-order valence-corrected chi connectivity index (χ0v) is 8.48. The quantitative estimate of drug-likeness (QED) is 0.695. The van der Waals surface area contributed by atoms with Crippen LogP contribution in [0.15, 0.2) is 18.2 Å². The summed E-state index contributed by atoms with van der Waals surface area (Å²) in [5.41, 5.74) is 1.04. The maximum atomic E-state index is 5.87. The van der Waals surface area contributed by atoms with Gasteiger partial charge in [0.2, 0.25) is 0 Å². The first kappa shape index (κ1) is 9.32. The van der Waals surface area contributed by atoms with Crippen molar-refractivity contribution in [1.29, 1.82) is 0 Å². The zero-order valence-electron chi connectivity index (χ0n) is 6.97. The maximum absolute atomic E-state index is 5.87. The molecule has 2 rings (SSSR count). The Labute approximate surface area is 87.6 Å². The molecule has 0 aromatic heterocycles. The van der Waals surface area contributed by atoms with E-state index in [1.54, 1.807) is 6.07 Å². The topological polar surface area (TPSA) is 9.23 Å². The lowest BCUT2D eigenvalue weighted by molar-refractivity contribution is 0.124. The summed E-state index contributed by atoms with van der Waals surface area (Å²) < 4.78 is 5.48. The molecule has 13 heavy (non-hydrogen) atoms. The van der Waals surface area contributed by atoms with Crippen molar-refractivity contribution in [2.24, 2.45) is 0 Å². The summed E-state index contributed by atoms with van der Waals surface area (Å²) in [5, 5.41) is 1.32. The molecule has 1 aromatic carbocycles. The molecule has 69 valence electrons. The molecule has 0 N–H and O–H groups in total. The van der Waals surface area contributed by atoms with E-state index in [1.807, 2.05) is 12.1 Å².